The second-order valence-electron chi connectivity index (χ2n) is 1.22. The first-order valence-corrected chi connectivity index (χ1v) is 3.95. The van der Waals surface area contributed by atoms with Crippen LogP contribution >= 0.6 is 7.92 Å². The van der Waals surface area contributed by atoms with E-state index in [1.165, 1.54) is 0 Å². The maximum absolute atomic E-state index is 8.17. The minimum absolute atomic E-state index is 0.0427. The molecule has 0 rings (SSSR count). The fraction of sp³-hybridized carbons (Fsp3) is 1.00. The van der Waals surface area contributed by atoms with Gasteiger partial charge >= 0.3 is 0 Å². The lowest BCUT2D eigenvalue weighted by molar-refractivity contribution is 0.371. The van der Waals surface area contributed by atoms with Gasteiger partial charge in [0.25, 0.3) is 0 Å². The zero-order valence-electron chi connectivity index (χ0n) is 3.60. The van der Waals surface area contributed by atoms with Crippen LogP contribution in [0.2, 0.25) is 0 Å². The molecule has 0 fully saturated rings. The Labute approximate surface area is 33.8 Å². The summed E-state index contributed by atoms with van der Waals surface area (Å²) in [5.74, 6) is 0. The summed E-state index contributed by atoms with van der Waals surface area (Å²) in [4.78, 5) is 0. The Kier molecular flexibility index (Phi) is 2.82. The predicted octanol–water partition coefficient (Wildman–Crippen LogP) is 0.678. The quantitative estimate of drug-likeness (QED) is 0.471. The summed E-state index contributed by atoms with van der Waals surface area (Å²) >= 11 is 0. The molecule has 0 aliphatic carbocycles. The molecule has 0 radical (unpaired) electrons. The third-order valence-electron chi connectivity index (χ3n) is 0.283. The van der Waals surface area contributed by atoms with Crippen molar-refractivity contribution < 1.29 is 5.11 Å². The number of aliphatic hydroxyl groups is 1. The van der Waals surface area contributed by atoms with Crippen molar-refractivity contribution in [1.82, 2.24) is 0 Å². The minimum atomic E-state index is -0.0427. The lowest BCUT2D eigenvalue weighted by atomic mass is 11.7. The van der Waals surface area contributed by atoms with Gasteiger partial charge in [0.1, 0.15) is 0 Å². The highest BCUT2D eigenvalue weighted by Gasteiger charge is 1.79. The topological polar surface area (TPSA) is 20.2 Å². The minimum Gasteiger partial charge on any atom is -0.392 e. The van der Waals surface area contributed by atoms with E-state index in [1.807, 2.05) is 13.3 Å². The van der Waals surface area contributed by atoms with E-state index < -0.39 is 0 Å². The Morgan fingerprint density at radius 3 is 1.80 bits per heavy atom. The lowest BCUT2D eigenvalue weighted by Crippen LogP contribution is -1.71. The van der Waals surface area contributed by atoms with Crippen LogP contribution in [0, 0.1) is 0 Å². The summed E-state index contributed by atoms with van der Waals surface area (Å²) in [6.45, 7) is 4.07. The van der Waals surface area contributed by atoms with Crippen LogP contribution < -0.4 is 0 Å². The lowest BCUT2D eigenvalue weighted by Gasteiger charge is -1.91. The smallest absolute Gasteiger partial charge is 0.0619 e. The van der Waals surface area contributed by atoms with E-state index in [0.29, 0.717) is 6.35 Å². The standard InChI is InChI=1S/C3H9OP/c1-5(2)3-4/h4H,3H2,1-2H3. The molecule has 0 aromatic heterocycles. The summed E-state index contributed by atoms with van der Waals surface area (Å²) in [6.07, 6.45) is 0.370. The molecule has 0 atom stereocenters. The van der Waals surface area contributed by atoms with E-state index in [0.717, 1.165) is 0 Å². The zero-order chi connectivity index (χ0) is 4.28. The van der Waals surface area contributed by atoms with Gasteiger partial charge < -0.3 is 5.11 Å². The molecule has 0 bridgehead atoms. The third-order valence-corrected chi connectivity index (χ3v) is 0.849. The third kappa shape index (κ3) is 4.39. The second-order valence-corrected chi connectivity index (χ2v) is 3.66. The van der Waals surface area contributed by atoms with Crippen molar-refractivity contribution in [3.8, 4) is 0 Å². The van der Waals surface area contributed by atoms with Crippen molar-refractivity contribution in [1.29, 1.82) is 0 Å². The van der Waals surface area contributed by atoms with Crippen LogP contribution in [0.25, 0.3) is 0 Å². The average Bonchev–Trinajstić information content (AvgIpc) is 1.38. The number of aliphatic hydroxyl groups excluding tert-OH is 1. The molecule has 32 valence electrons. The Hall–Kier alpha value is 0.390. The molecule has 0 aliphatic rings. The molecule has 5 heavy (non-hydrogen) atoms. The maximum atomic E-state index is 8.17. The summed E-state index contributed by atoms with van der Waals surface area (Å²) in [5.41, 5.74) is 0. The SMILES string of the molecule is CP(C)CO. The first-order chi connectivity index (χ1) is 2.27. The summed E-state index contributed by atoms with van der Waals surface area (Å²) < 4.78 is 0. The molecule has 0 heterocycles. The maximum Gasteiger partial charge on any atom is 0.0619 e. The number of hydrogen-bond donors (Lipinski definition) is 1. The van der Waals surface area contributed by atoms with Crippen LogP contribution in [0.3, 0.4) is 0 Å². The summed E-state index contributed by atoms with van der Waals surface area (Å²) in [5, 5.41) is 8.17. The first kappa shape index (κ1) is 5.39. The molecule has 0 saturated carbocycles. The van der Waals surface area contributed by atoms with Crippen molar-refractivity contribution in [3.63, 3.8) is 0 Å². The highest BCUT2D eigenvalue weighted by atomic mass is 31.1. The van der Waals surface area contributed by atoms with Gasteiger partial charge in [0.2, 0.25) is 0 Å². The Bertz CT molecular complexity index is 20.9. The molecular weight excluding hydrogens is 83.0 g/mol. The molecule has 2 heteroatoms. The Morgan fingerprint density at radius 1 is 1.60 bits per heavy atom. The molecule has 1 N–H and O–H groups in total. The van der Waals surface area contributed by atoms with E-state index in [9.17, 15) is 0 Å². The van der Waals surface area contributed by atoms with Gasteiger partial charge in [-0.1, -0.05) is 7.92 Å². The molecule has 0 aromatic rings. The van der Waals surface area contributed by atoms with Crippen LogP contribution in [0.15, 0.2) is 0 Å². The number of rotatable bonds is 1. The fourth-order valence-electron chi connectivity index (χ4n) is 0. The Morgan fingerprint density at radius 2 is 1.80 bits per heavy atom. The van der Waals surface area contributed by atoms with E-state index >= 15 is 0 Å². The van der Waals surface area contributed by atoms with Crippen molar-refractivity contribution >= 4 is 7.92 Å². The molecule has 0 spiro atoms. The monoisotopic (exact) mass is 92.0 g/mol. The molecular formula is C3H9OP. The molecule has 0 unspecified atom stereocenters. The van der Waals surface area contributed by atoms with E-state index in [4.69, 9.17) is 5.11 Å². The van der Waals surface area contributed by atoms with Crippen LogP contribution in [0.5, 0.6) is 0 Å². The van der Waals surface area contributed by atoms with Crippen LogP contribution in [-0.2, 0) is 0 Å². The van der Waals surface area contributed by atoms with Gasteiger partial charge in [-0.2, -0.15) is 0 Å². The van der Waals surface area contributed by atoms with Crippen molar-refractivity contribution in [3.05, 3.63) is 0 Å². The molecule has 0 saturated heterocycles. The van der Waals surface area contributed by atoms with Gasteiger partial charge in [0.15, 0.2) is 0 Å². The van der Waals surface area contributed by atoms with E-state index in [2.05, 4.69) is 0 Å². The van der Waals surface area contributed by atoms with Gasteiger partial charge in [-0.25, -0.2) is 0 Å². The van der Waals surface area contributed by atoms with Gasteiger partial charge in [0.05, 0.1) is 6.35 Å². The van der Waals surface area contributed by atoms with E-state index in [1.54, 1.807) is 0 Å². The van der Waals surface area contributed by atoms with E-state index in [-0.39, 0.29) is 7.92 Å². The van der Waals surface area contributed by atoms with Gasteiger partial charge in [-0.05, 0) is 13.3 Å². The van der Waals surface area contributed by atoms with Gasteiger partial charge in [0, 0.05) is 0 Å². The van der Waals surface area contributed by atoms with Crippen LogP contribution in [0.1, 0.15) is 0 Å². The first-order valence-electron chi connectivity index (χ1n) is 1.53. The number of hydrogen-bond acceptors (Lipinski definition) is 1. The zero-order valence-corrected chi connectivity index (χ0v) is 4.50. The summed E-state index contributed by atoms with van der Waals surface area (Å²) in [6, 6.07) is 0. The van der Waals surface area contributed by atoms with Crippen molar-refractivity contribution in [2.75, 3.05) is 19.7 Å². The fourth-order valence-corrected chi connectivity index (χ4v) is 0. The highest BCUT2D eigenvalue weighted by molar-refractivity contribution is 7.55. The predicted molar refractivity (Wildman–Crippen MR) is 25.9 cm³/mol. The summed E-state index contributed by atoms with van der Waals surface area (Å²) in [7, 11) is -0.0427. The average molecular weight is 92.1 g/mol. The van der Waals surface area contributed by atoms with Crippen molar-refractivity contribution in [2.45, 2.75) is 0 Å². The molecule has 0 aliphatic heterocycles. The van der Waals surface area contributed by atoms with Crippen molar-refractivity contribution in [2.24, 2.45) is 0 Å². The van der Waals surface area contributed by atoms with Gasteiger partial charge in [-0.3, -0.25) is 0 Å². The van der Waals surface area contributed by atoms with Gasteiger partial charge in [-0.15, -0.1) is 0 Å². The molecule has 1 nitrogen and oxygen atoms in total. The molecule has 0 aromatic carbocycles. The van der Waals surface area contributed by atoms with Crippen LogP contribution in [0.4, 0.5) is 0 Å². The largest absolute Gasteiger partial charge is 0.392 e. The normalized spacial score (nSPS) is 9.60. The Balaban J connectivity index is 2.54. The second kappa shape index (κ2) is 2.62. The van der Waals surface area contributed by atoms with Crippen LogP contribution in [-0.4, -0.2) is 24.8 Å². The molecule has 0 amide bonds. The highest BCUT2D eigenvalue weighted by Crippen LogP contribution is 2.20.